The third-order valence-corrected chi connectivity index (χ3v) is 4.58. The van der Waals surface area contributed by atoms with Crippen LogP contribution in [0, 0.1) is 0 Å². The molecule has 0 aliphatic rings. The Hall–Kier alpha value is -1.74. The van der Waals surface area contributed by atoms with Gasteiger partial charge in [0.05, 0.1) is 11.3 Å². The maximum Gasteiger partial charge on any atom is 0.305 e. The number of aromatic nitrogens is 2. The minimum Gasteiger partial charge on any atom is -0.481 e. The zero-order valence-electron chi connectivity index (χ0n) is 11.8. The average molecular weight is 388 g/mol. The summed E-state index contributed by atoms with van der Waals surface area (Å²) in [6, 6.07) is 1.89. The van der Waals surface area contributed by atoms with Gasteiger partial charge in [-0.25, -0.2) is 0 Å². The van der Waals surface area contributed by atoms with Gasteiger partial charge in [-0.2, -0.15) is 4.98 Å². The first kappa shape index (κ1) is 16.6. The molecule has 0 fully saturated rings. The van der Waals surface area contributed by atoms with E-state index in [9.17, 15) is 9.59 Å². The van der Waals surface area contributed by atoms with Crippen LogP contribution in [0.4, 0.5) is 0 Å². The highest BCUT2D eigenvalue weighted by atomic mass is 79.9. The fourth-order valence-electron chi connectivity index (χ4n) is 1.68. The lowest BCUT2D eigenvalue weighted by atomic mass is 10.2. The lowest BCUT2D eigenvalue weighted by Gasteiger charge is -2.15. The second kappa shape index (κ2) is 7.50. The molecule has 2 aromatic heterocycles. The Balaban J connectivity index is 1.85. The number of carbonyl (C=O) groups is 2. The summed E-state index contributed by atoms with van der Waals surface area (Å²) in [7, 11) is 1.58. The Kier molecular flexibility index (Phi) is 5.67. The number of aryl methyl sites for hydroxylation is 1. The predicted molar refractivity (Wildman–Crippen MR) is 83.5 cm³/mol. The monoisotopic (exact) mass is 387 g/mol. The summed E-state index contributed by atoms with van der Waals surface area (Å²) in [6.45, 7) is 0.187. The molecule has 0 radical (unpaired) electrons. The highest BCUT2D eigenvalue weighted by Gasteiger charge is 2.14. The summed E-state index contributed by atoms with van der Waals surface area (Å²) < 4.78 is 6.07. The first-order chi connectivity index (χ1) is 10.5. The SMILES string of the molecule is CN(CCC(=O)O)C(=O)CCc1nc(-c2cc(Br)cs2)no1. The van der Waals surface area contributed by atoms with Gasteiger partial charge in [0.25, 0.3) is 0 Å². The number of amides is 1. The predicted octanol–water partition coefficient (Wildman–Crippen LogP) is 2.43. The van der Waals surface area contributed by atoms with Crippen LogP contribution in [0.3, 0.4) is 0 Å². The van der Waals surface area contributed by atoms with Crippen LogP contribution >= 0.6 is 27.3 Å². The minimum absolute atomic E-state index is 0.0692. The summed E-state index contributed by atoms with van der Waals surface area (Å²) in [5.74, 6) is -0.194. The van der Waals surface area contributed by atoms with Gasteiger partial charge in [-0.15, -0.1) is 11.3 Å². The Labute approximate surface area is 139 Å². The van der Waals surface area contributed by atoms with Gasteiger partial charge in [-0.1, -0.05) is 5.16 Å². The van der Waals surface area contributed by atoms with Crippen molar-refractivity contribution >= 4 is 39.1 Å². The maximum atomic E-state index is 11.8. The fourth-order valence-corrected chi connectivity index (χ4v) is 3.03. The van der Waals surface area contributed by atoms with E-state index in [1.54, 1.807) is 7.05 Å². The van der Waals surface area contributed by atoms with E-state index in [-0.39, 0.29) is 25.3 Å². The smallest absolute Gasteiger partial charge is 0.305 e. The van der Waals surface area contributed by atoms with Crippen molar-refractivity contribution in [3.05, 3.63) is 21.8 Å². The van der Waals surface area contributed by atoms with E-state index in [1.807, 2.05) is 11.4 Å². The van der Waals surface area contributed by atoms with Crippen LogP contribution in [0.15, 0.2) is 20.4 Å². The number of hydrogen-bond donors (Lipinski definition) is 1. The Morgan fingerprint density at radius 2 is 2.23 bits per heavy atom. The zero-order chi connectivity index (χ0) is 16.1. The van der Waals surface area contributed by atoms with Crippen molar-refractivity contribution in [2.24, 2.45) is 0 Å². The largest absolute Gasteiger partial charge is 0.481 e. The van der Waals surface area contributed by atoms with E-state index >= 15 is 0 Å². The lowest BCUT2D eigenvalue weighted by molar-refractivity contribution is -0.138. The van der Waals surface area contributed by atoms with Crippen molar-refractivity contribution in [3.8, 4) is 10.7 Å². The number of rotatable bonds is 7. The Morgan fingerprint density at radius 3 is 2.86 bits per heavy atom. The number of nitrogens with zero attached hydrogens (tertiary/aromatic N) is 3. The standard InChI is InChI=1S/C13H14BrN3O4S/c1-17(5-4-12(19)20)11(18)3-2-10-15-13(16-21-10)9-6-8(14)7-22-9/h6-7H,2-5H2,1H3,(H,19,20). The first-order valence-electron chi connectivity index (χ1n) is 6.48. The second-order valence-electron chi connectivity index (χ2n) is 4.60. The zero-order valence-corrected chi connectivity index (χ0v) is 14.2. The van der Waals surface area contributed by atoms with Gasteiger partial charge < -0.3 is 14.5 Å². The summed E-state index contributed by atoms with van der Waals surface area (Å²) in [4.78, 5) is 28.8. The quantitative estimate of drug-likeness (QED) is 0.783. The second-order valence-corrected chi connectivity index (χ2v) is 6.43. The van der Waals surface area contributed by atoms with Gasteiger partial charge in [0.2, 0.25) is 17.6 Å². The van der Waals surface area contributed by atoms with Crippen LogP contribution in [0.5, 0.6) is 0 Å². The molecule has 0 spiro atoms. The number of thiophene rings is 1. The molecule has 0 saturated carbocycles. The van der Waals surface area contributed by atoms with E-state index in [1.165, 1.54) is 16.2 Å². The van der Waals surface area contributed by atoms with Crippen molar-refractivity contribution in [1.29, 1.82) is 0 Å². The van der Waals surface area contributed by atoms with Gasteiger partial charge in [0.1, 0.15) is 0 Å². The van der Waals surface area contributed by atoms with Gasteiger partial charge >= 0.3 is 5.97 Å². The molecule has 118 valence electrons. The van der Waals surface area contributed by atoms with Crippen LogP contribution in [-0.2, 0) is 16.0 Å². The highest BCUT2D eigenvalue weighted by molar-refractivity contribution is 9.10. The summed E-state index contributed by atoms with van der Waals surface area (Å²) in [6.07, 6.45) is 0.460. The third kappa shape index (κ3) is 4.63. The van der Waals surface area contributed by atoms with E-state index in [2.05, 4.69) is 26.1 Å². The van der Waals surface area contributed by atoms with Crippen LogP contribution in [0.25, 0.3) is 10.7 Å². The van der Waals surface area contributed by atoms with Crippen LogP contribution in [-0.4, -0.2) is 45.6 Å². The minimum atomic E-state index is -0.927. The molecular weight excluding hydrogens is 374 g/mol. The molecule has 0 aliphatic heterocycles. The molecule has 2 aromatic rings. The van der Waals surface area contributed by atoms with Crippen molar-refractivity contribution in [3.63, 3.8) is 0 Å². The lowest BCUT2D eigenvalue weighted by Crippen LogP contribution is -2.29. The third-order valence-electron chi connectivity index (χ3n) is 2.90. The number of carbonyl (C=O) groups excluding carboxylic acids is 1. The van der Waals surface area contributed by atoms with Crippen molar-refractivity contribution in [2.75, 3.05) is 13.6 Å². The first-order valence-corrected chi connectivity index (χ1v) is 8.15. The maximum absolute atomic E-state index is 11.8. The van der Waals surface area contributed by atoms with Crippen LogP contribution in [0.1, 0.15) is 18.7 Å². The van der Waals surface area contributed by atoms with Gasteiger partial charge in [-0.3, -0.25) is 9.59 Å². The number of carboxylic acids is 1. The molecule has 1 N–H and O–H groups in total. The molecule has 0 unspecified atom stereocenters. The molecule has 0 aliphatic carbocycles. The molecule has 7 nitrogen and oxygen atoms in total. The van der Waals surface area contributed by atoms with E-state index in [0.29, 0.717) is 18.1 Å². The Bertz CT molecular complexity index is 670. The average Bonchev–Trinajstić information content (AvgIpc) is 3.10. The summed E-state index contributed by atoms with van der Waals surface area (Å²) >= 11 is 4.85. The molecular formula is C13H14BrN3O4S. The fraction of sp³-hybridized carbons (Fsp3) is 0.385. The van der Waals surface area contributed by atoms with Crippen LogP contribution < -0.4 is 0 Å². The molecule has 0 atom stereocenters. The summed E-state index contributed by atoms with van der Waals surface area (Å²) in [5.41, 5.74) is 0. The van der Waals surface area contributed by atoms with E-state index in [4.69, 9.17) is 9.63 Å². The number of aliphatic carboxylic acids is 1. The molecule has 0 aromatic carbocycles. The molecule has 1 amide bonds. The number of carboxylic acid groups (broad SMARTS) is 1. The van der Waals surface area contributed by atoms with Gasteiger partial charge in [0, 0.05) is 36.3 Å². The van der Waals surface area contributed by atoms with Crippen LogP contribution in [0.2, 0.25) is 0 Å². The number of halogens is 1. The van der Waals surface area contributed by atoms with E-state index in [0.717, 1.165) is 9.35 Å². The molecule has 0 bridgehead atoms. The topological polar surface area (TPSA) is 96.5 Å². The van der Waals surface area contributed by atoms with Crippen molar-refractivity contribution < 1.29 is 19.2 Å². The van der Waals surface area contributed by atoms with Crippen molar-refractivity contribution in [1.82, 2.24) is 15.0 Å². The molecule has 22 heavy (non-hydrogen) atoms. The Morgan fingerprint density at radius 1 is 1.45 bits per heavy atom. The molecule has 2 heterocycles. The molecule has 0 saturated heterocycles. The van der Waals surface area contributed by atoms with E-state index < -0.39 is 5.97 Å². The summed E-state index contributed by atoms with van der Waals surface area (Å²) in [5, 5.41) is 14.4. The molecule has 2 rings (SSSR count). The van der Waals surface area contributed by atoms with Gasteiger partial charge in [0.15, 0.2) is 0 Å². The molecule has 9 heteroatoms. The highest BCUT2D eigenvalue weighted by Crippen LogP contribution is 2.27. The van der Waals surface area contributed by atoms with Crippen molar-refractivity contribution in [2.45, 2.75) is 19.3 Å². The number of hydrogen-bond acceptors (Lipinski definition) is 6. The normalized spacial score (nSPS) is 10.6. The van der Waals surface area contributed by atoms with Gasteiger partial charge in [-0.05, 0) is 22.0 Å².